The zero-order chi connectivity index (χ0) is 6.08. The van der Waals surface area contributed by atoms with E-state index in [1.807, 2.05) is 0 Å². The van der Waals surface area contributed by atoms with Crippen LogP contribution in [-0.2, 0) is 0 Å². The topological polar surface area (TPSA) is 0 Å². The lowest BCUT2D eigenvalue weighted by molar-refractivity contribution is 0.0515. The molecule has 0 saturated carbocycles. The van der Waals surface area contributed by atoms with Crippen molar-refractivity contribution < 1.29 is 8.78 Å². The average molecular weight is 128 g/mol. The Morgan fingerprint density at radius 1 is 1.57 bits per heavy atom. The third kappa shape index (κ3) is 2.80. The second-order valence-corrected chi connectivity index (χ2v) is 1.99. The SMILES string of the molecule is C[C](Cl)C(C)(F)F. The summed E-state index contributed by atoms with van der Waals surface area (Å²) < 4.78 is 23.4. The van der Waals surface area contributed by atoms with E-state index in [4.69, 9.17) is 11.6 Å². The van der Waals surface area contributed by atoms with E-state index < -0.39 is 5.92 Å². The molecule has 0 bridgehead atoms. The van der Waals surface area contributed by atoms with Crippen molar-refractivity contribution in [2.45, 2.75) is 19.8 Å². The van der Waals surface area contributed by atoms with E-state index in [2.05, 4.69) is 0 Å². The van der Waals surface area contributed by atoms with Crippen molar-refractivity contribution in [1.82, 2.24) is 0 Å². The summed E-state index contributed by atoms with van der Waals surface area (Å²) in [6.07, 6.45) is 0. The summed E-state index contributed by atoms with van der Waals surface area (Å²) in [5, 5.41) is -0.368. The summed E-state index contributed by atoms with van der Waals surface area (Å²) in [5.74, 6) is -2.82. The van der Waals surface area contributed by atoms with Crippen molar-refractivity contribution in [3.63, 3.8) is 0 Å². The van der Waals surface area contributed by atoms with Gasteiger partial charge in [0.2, 0.25) is 0 Å². The van der Waals surface area contributed by atoms with E-state index in [0.29, 0.717) is 0 Å². The molecule has 0 amide bonds. The minimum Gasteiger partial charge on any atom is -0.205 e. The lowest BCUT2D eigenvalue weighted by atomic mass is 10.3. The molecule has 0 saturated heterocycles. The van der Waals surface area contributed by atoms with E-state index in [9.17, 15) is 8.78 Å². The van der Waals surface area contributed by atoms with Gasteiger partial charge in [0.25, 0.3) is 5.92 Å². The fourth-order valence-corrected chi connectivity index (χ4v) is 0. The van der Waals surface area contributed by atoms with Gasteiger partial charge in [0.1, 0.15) is 5.38 Å². The molecule has 0 aliphatic rings. The highest BCUT2D eigenvalue weighted by Gasteiger charge is 2.28. The molecule has 0 heterocycles. The molecule has 3 heteroatoms. The quantitative estimate of drug-likeness (QED) is 0.508. The summed E-state index contributed by atoms with van der Waals surface area (Å²) in [7, 11) is 0. The van der Waals surface area contributed by atoms with Crippen LogP contribution in [-0.4, -0.2) is 5.92 Å². The lowest BCUT2D eigenvalue weighted by Gasteiger charge is -2.09. The minimum absolute atomic E-state index is 0.368. The largest absolute Gasteiger partial charge is 0.265 e. The van der Waals surface area contributed by atoms with Crippen LogP contribution in [0.2, 0.25) is 0 Å². The van der Waals surface area contributed by atoms with Gasteiger partial charge in [-0.2, -0.15) is 0 Å². The smallest absolute Gasteiger partial charge is 0.205 e. The first kappa shape index (κ1) is 7.15. The van der Waals surface area contributed by atoms with Crippen LogP contribution in [0.4, 0.5) is 8.78 Å². The Kier molecular flexibility index (Phi) is 1.99. The van der Waals surface area contributed by atoms with Gasteiger partial charge in [-0.25, -0.2) is 8.78 Å². The maximum atomic E-state index is 11.7. The van der Waals surface area contributed by atoms with Gasteiger partial charge in [-0.3, -0.25) is 0 Å². The van der Waals surface area contributed by atoms with Crippen molar-refractivity contribution in [3.8, 4) is 0 Å². The van der Waals surface area contributed by atoms with E-state index >= 15 is 0 Å². The first-order valence-electron chi connectivity index (χ1n) is 1.82. The molecule has 0 spiro atoms. The number of hydrogen-bond acceptors (Lipinski definition) is 0. The van der Waals surface area contributed by atoms with Crippen molar-refractivity contribution >= 4 is 11.6 Å². The summed E-state index contributed by atoms with van der Waals surface area (Å²) in [6, 6.07) is 0. The Hall–Kier alpha value is 0.150. The Bertz CT molecular complexity index is 55.2. The molecule has 0 aromatic carbocycles. The van der Waals surface area contributed by atoms with Crippen LogP contribution < -0.4 is 0 Å². The Balaban J connectivity index is 3.54. The molecule has 0 aromatic rings. The predicted molar refractivity (Wildman–Crippen MR) is 25.4 cm³/mol. The number of alkyl halides is 2. The van der Waals surface area contributed by atoms with Crippen LogP contribution >= 0.6 is 11.6 Å². The van der Waals surface area contributed by atoms with E-state index in [0.717, 1.165) is 6.92 Å². The second kappa shape index (κ2) is 1.95. The zero-order valence-electron chi connectivity index (χ0n) is 4.13. The highest BCUT2D eigenvalue weighted by Crippen LogP contribution is 2.27. The minimum atomic E-state index is -2.82. The van der Waals surface area contributed by atoms with Crippen LogP contribution in [0.1, 0.15) is 13.8 Å². The molecule has 0 N–H and O–H groups in total. The summed E-state index contributed by atoms with van der Waals surface area (Å²) in [6.45, 7) is 1.94. The van der Waals surface area contributed by atoms with Gasteiger partial charge in [-0.1, -0.05) is 0 Å². The molecular formula is C4H6ClF2. The van der Waals surface area contributed by atoms with Gasteiger partial charge in [-0.05, 0) is 6.92 Å². The Morgan fingerprint density at radius 2 is 1.71 bits per heavy atom. The first-order valence-corrected chi connectivity index (χ1v) is 2.19. The summed E-state index contributed by atoms with van der Waals surface area (Å²) in [4.78, 5) is 0. The fourth-order valence-electron chi connectivity index (χ4n) is 0. The zero-order valence-corrected chi connectivity index (χ0v) is 4.89. The van der Waals surface area contributed by atoms with Gasteiger partial charge in [0.05, 0.1) is 0 Å². The van der Waals surface area contributed by atoms with Crippen LogP contribution in [0, 0.1) is 5.38 Å². The molecule has 7 heavy (non-hydrogen) atoms. The van der Waals surface area contributed by atoms with Crippen LogP contribution in [0.3, 0.4) is 0 Å². The molecule has 0 aliphatic heterocycles. The monoisotopic (exact) mass is 127 g/mol. The highest BCUT2D eigenvalue weighted by atomic mass is 35.5. The summed E-state index contributed by atoms with van der Waals surface area (Å²) >= 11 is 4.92. The van der Waals surface area contributed by atoms with Crippen molar-refractivity contribution in [1.29, 1.82) is 0 Å². The predicted octanol–water partition coefficient (Wildman–Crippen LogP) is 2.43. The standard InChI is InChI=1S/C4H6ClF2/c1-3(5)4(2,6)7/h1-2H3. The third-order valence-corrected chi connectivity index (χ3v) is 0.937. The van der Waals surface area contributed by atoms with Crippen molar-refractivity contribution in [2.75, 3.05) is 0 Å². The fraction of sp³-hybridized carbons (Fsp3) is 0.750. The van der Waals surface area contributed by atoms with E-state index in [1.165, 1.54) is 6.92 Å². The number of hydrogen-bond donors (Lipinski definition) is 0. The van der Waals surface area contributed by atoms with Crippen LogP contribution in [0.5, 0.6) is 0 Å². The van der Waals surface area contributed by atoms with Gasteiger partial charge in [0.15, 0.2) is 0 Å². The molecule has 0 aromatic heterocycles. The molecule has 43 valence electrons. The molecule has 1 radical (unpaired) electrons. The second-order valence-electron chi connectivity index (χ2n) is 1.42. The first-order chi connectivity index (χ1) is 2.94. The molecular weight excluding hydrogens is 121 g/mol. The maximum Gasteiger partial charge on any atom is 0.265 e. The summed E-state index contributed by atoms with van der Waals surface area (Å²) in [5.41, 5.74) is 0. The Morgan fingerprint density at radius 3 is 1.71 bits per heavy atom. The molecule has 0 nitrogen and oxygen atoms in total. The van der Waals surface area contributed by atoms with Gasteiger partial charge in [0, 0.05) is 6.92 Å². The van der Waals surface area contributed by atoms with Crippen LogP contribution in [0.15, 0.2) is 0 Å². The number of halogens is 3. The third-order valence-electron chi connectivity index (χ3n) is 0.605. The van der Waals surface area contributed by atoms with E-state index in [1.54, 1.807) is 0 Å². The molecule has 0 aliphatic carbocycles. The van der Waals surface area contributed by atoms with Crippen molar-refractivity contribution in [3.05, 3.63) is 5.38 Å². The lowest BCUT2D eigenvalue weighted by Crippen LogP contribution is -2.13. The van der Waals surface area contributed by atoms with Gasteiger partial charge >= 0.3 is 0 Å². The van der Waals surface area contributed by atoms with Crippen molar-refractivity contribution in [2.24, 2.45) is 0 Å². The molecule has 0 unspecified atom stereocenters. The van der Waals surface area contributed by atoms with Crippen LogP contribution in [0.25, 0.3) is 0 Å². The average Bonchev–Trinajstić information content (AvgIpc) is 1.31. The molecule has 0 rings (SSSR count). The number of rotatable bonds is 1. The normalized spacial score (nSPS) is 12.9. The maximum absolute atomic E-state index is 11.7. The molecule has 0 atom stereocenters. The van der Waals surface area contributed by atoms with E-state index in [-0.39, 0.29) is 5.38 Å². The highest BCUT2D eigenvalue weighted by molar-refractivity contribution is 6.27. The molecule has 0 fully saturated rings. The Labute approximate surface area is 46.5 Å². The van der Waals surface area contributed by atoms with Gasteiger partial charge in [-0.15, -0.1) is 11.6 Å². The van der Waals surface area contributed by atoms with Gasteiger partial charge < -0.3 is 0 Å².